The second-order valence-corrected chi connectivity index (χ2v) is 18.9. The number of nitrogens with zero attached hydrogens (tertiary/aromatic N) is 4. The Hall–Kier alpha value is -4.48. The first-order chi connectivity index (χ1) is 27.2. The van der Waals surface area contributed by atoms with Crippen molar-refractivity contribution in [1.82, 2.24) is 35.7 Å². The summed E-state index contributed by atoms with van der Waals surface area (Å²) in [6.45, 7) is 8.53. The first-order valence-electron chi connectivity index (χ1n) is 19.4. The van der Waals surface area contributed by atoms with Crippen molar-refractivity contribution in [2.24, 2.45) is 5.92 Å². The zero-order valence-corrected chi connectivity index (χ0v) is 35.4. The van der Waals surface area contributed by atoms with Crippen molar-refractivity contribution in [2.75, 3.05) is 25.1 Å². The van der Waals surface area contributed by atoms with E-state index < -0.39 is 58.7 Å². The Morgan fingerprint density at radius 2 is 1.49 bits per heavy atom. The van der Waals surface area contributed by atoms with Crippen LogP contribution in [0.4, 0.5) is 0 Å². The lowest BCUT2D eigenvalue weighted by Crippen LogP contribution is -2.54. The number of thiazole rings is 2. The molecule has 2 aromatic heterocycles. The third-order valence-corrected chi connectivity index (χ3v) is 13.3. The number of rotatable bonds is 8. The highest BCUT2D eigenvalue weighted by Crippen LogP contribution is 2.35. The molecule has 1 unspecified atom stereocenters. The topological polar surface area (TPSA) is 191 Å². The van der Waals surface area contributed by atoms with Gasteiger partial charge < -0.3 is 30.9 Å². The lowest BCUT2D eigenvalue weighted by molar-refractivity contribution is -0.140. The van der Waals surface area contributed by atoms with Gasteiger partial charge >= 0.3 is 0 Å². The van der Waals surface area contributed by atoms with Crippen LogP contribution in [0.5, 0.6) is 5.75 Å². The lowest BCUT2D eigenvalue weighted by Gasteiger charge is -2.30. The third-order valence-electron chi connectivity index (χ3n) is 10.6. The molecule has 4 N–H and O–H groups in total. The van der Waals surface area contributed by atoms with Crippen molar-refractivity contribution < 1.29 is 33.3 Å². The molecule has 14 nitrogen and oxygen atoms in total. The Kier molecular flexibility index (Phi) is 13.6. The van der Waals surface area contributed by atoms with E-state index in [2.05, 4.69) is 25.9 Å². The normalized spacial score (nSPS) is 24.0. The SMILES string of the molecule is CC(C)=CCc1cc(C[C@@H]2NC(=O)c3csc(n3)[C@@H]3CCCN3C(=O)[C@H](CCS(C)=O)NC(=O)c3csc(n3)[C@H](C(C)C)NC(=O)[C@@H]3CCCN3C2=O)ccc1O. The summed E-state index contributed by atoms with van der Waals surface area (Å²) >= 11 is 2.46. The minimum Gasteiger partial charge on any atom is -0.508 e. The molecule has 4 bridgehead atoms. The minimum atomic E-state index is -1.22. The quantitative estimate of drug-likeness (QED) is 0.241. The largest absolute Gasteiger partial charge is 0.508 e. The van der Waals surface area contributed by atoms with Crippen LogP contribution in [0.25, 0.3) is 0 Å². The number of aromatic nitrogens is 2. The number of phenolic OH excluding ortho intramolecular Hbond substituents is 1. The molecule has 0 saturated carbocycles. The Labute approximate surface area is 343 Å². The van der Waals surface area contributed by atoms with Gasteiger partial charge in [-0.3, -0.25) is 28.2 Å². The molecule has 57 heavy (non-hydrogen) atoms. The highest BCUT2D eigenvalue weighted by atomic mass is 32.2. The zero-order chi connectivity index (χ0) is 41.0. The van der Waals surface area contributed by atoms with E-state index in [-0.39, 0.29) is 53.5 Å². The van der Waals surface area contributed by atoms with Gasteiger partial charge in [0.25, 0.3) is 11.8 Å². The molecule has 6 atom stereocenters. The molecule has 306 valence electrons. The monoisotopic (exact) mass is 837 g/mol. The van der Waals surface area contributed by atoms with Crippen LogP contribution >= 0.6 is 22.7 Å². The van der Waals surface area contributed by atoms with Gasteiger partial charge in [-0.1, -0.05) is 37.6 Å². The molecule has 3 aliphatic heterocycles. The fraction of sp³-hybridized carbons (Fsp3) is 0.525. The second-order valence-electron chi connectivity index (χ2n) is 15.5. The van der Waals surface area contributed by atoms with E-state index in [1.54, 1.807) is 34.0 Å². The van der Waals surface area contributed by atoms with Crippen LogP contribution in [0.3, 0.4) is 0 Å². The summed E-state index contributed by atoms with van der Waals surface area (Å²) in [4.78, 5) is 82.9. The molecule has 17 heteroatoms. The molecule has 0 radical (unpaired) electrons. The molecule has 6 rings (SSSR count). The molecule has 2 saturated heterocycles. The van der Waals surface area contributed by atoms with E-state index in [0.29, 0.717) is 60.8 Å². The third kappa shape index (κ3) is 9.98. The van der Waals surface area contributed by atoms with E-state index in [1.165, 1.54) is 27.6 Å². The summed E-state index contributed by atoms with van der Waals surface area (Å²) in [6, 6.07) is 1.26. The maximum atomic E-state index is 14.6. The predicted octanol–water partition coefficient (Wildman–Crippen LogP) is 4.20. The lowest BCUT2D eigenvalue weighted by atomic mass is 9.99. The number of carbonyl (C=O) groups excluding carboxylic acids is 5. The van der Waals surface area contributed by atoms with Gasteiger partial charge in [-0.25, -0.2) is 9.97 Å². The van der Waals surface area contributed by atoms with Crippen molar-refractivity contribution in [1.29, 1.82) is 0 Å². The maximum Gasteiger partial charge on any atom is 0.271 e. The number of hydrogen-bond donors (Lipinski definition) is 4. The summed E-state index contributed by atoms with van der Waals surface area (Å²) in [6.07, 6.45) is 6.58. The maximum absolute atomic E-state index is 14.6. The van der Waals surface area contributed by atoms with E-state index in [0.717, 1.165) is 11.1 Å². The van der Waals surface area contributed by atoms with Crippen LogP contribution < -0.4 is 16.0 Å². The molecular weight excluding hydrogens is 787 g/mol. The fourth-order valence-electron chi connectivity index (χ4n) is 7.52. The van der Waals surface area contributed by atoms with Gasteiger partial charge in [0.1, 0.15) is 45.3 Å². The standard InChI is InChI=1S/C40H51N7O7S3/c1-22(2)10-12-25-18-24(11-13-32(25)48)19-27-40(53)46-15-6-8-30(46)36(51)45-33(23(3)4)38-44-29(21-56-38)34(49)41-26(14-17-57(5)54)39(52)47-16-7-9-31(47)37-43-28(20-55-37)35(50)42-27/h10-11,13,18,20-21,23,26-27,30-31,33,48H,6-9,12,14-17,19H2,1-5H3,(H,41,49)(H,42,50)(H,45,51)/t26-,27-,30-,31-,33-,57?/m0/s1. The zero-order valence-electron chi connectivity index (χ0n) is 32.9. The predicted molar refractivity (Wildman–Crippen MR) is 219 cm³/mol. The van der Waals surface area contributed by atoms with Gasteiger partial charge in [0, 0.05) is 53.1 Å². The Morgan fingerprint density at radius 1 is 0.895 bits per heavy atom. The highest BCUT2D eigenvalue weighted by molar-refractivity contribution is 7.84. The van der Waals surface area contributed by atoms with Gasteiger partial charge in [0.15, 0.2) is 0 Å². The first kappa shape index (κ1) is 42.1. The average Bonchev–Trinajstić information content (AvgIpc) is 4.01. The number of carbonyl (C=O) groups is 5. The highest BCUT2D eigenvalue weighted by Gasteiger charge is 2.41. The number of benzene rings is 1. The molecule has 2 fully saturated rings. The molecule has 3 aromatic rings. The van der Waals surface area contributed by atoms with Crippen LogP contribution in [-0.4, -0.2) is 102 Å². The van der Waals surface area contributed by atoms with Crippen molar-refractivity contribution in [3.63, 3.8) is 0 Å². The molecule has 3 aliphatic rings. The average molecular weight is 838 g/mol. The number of aromatic hydroxyl groups is 1. The van der Waals surface area contributed by atoms with Crippen molar-refractivity contribution >= 4 is 63.0 Å². The molecule has 5 amide bonds. The fourth-order valence-corrected chi connectivity index (χ4v) is 10.1. The minimum absolute atomic E-state index is 0.0914. The number of allylic oxidation sites excluding steroid dienone is 2. The molecule has 0 spiro atoms. The summed E-state index contributed by atoms with van der Waals surface area (Å²) in [5.74, 6) is -2.06. The van der Waals surface area contributed by atoms with Crippen LogP contribution in [0.15, 0.2) is 40.6 Å². The van der Waals surface area contributed by atoms with E-state index >= 15 is 0 Å². The summed E-state index contributed by atoms with van der Waals surface area (Å²) in [5.41, 5.74) is 2.68. The van der Waals surface area contributed by atoms with Gasteiger partial charge in [0.2, 0.25) is 17.7 Å². The van der Waals surface area contributed by atoms with Gasteiger partial charge in [0.05, 0.1) is 12.1 Å². The number of fused-ring (bicyclic) bond motifs is 7. The first-order valence-corrected chi connectivity index (χ1v) is 22.9. The van der Waals surface area contributed by atoms with Crippen LogP contribution in [0, 0.1) is 5.92 Å². The molecule has 1 aromatic carbocycles. The Balaban J connectivity index is 1.38. The van der Waals surface area contributed by atoms with Crippen molar-refractivity contribution in [2.45, 2.75) is 103 Å². The van der Waals surface area contributed by atoms with Crippen molar-refractivity contribution in [3.8, 4) is 5.75 Å². The number of phenols is 1. The van der Waals surface area contributed by atoms with Gasteiger partial charge in [-0.15, -0.1) is 22.7 Å². The Bertz CT molecular complexity index is 2060. The summed E-state index contributed by atoms with van der Waals surface area (Å²) in [7, 11) is -1.22. The van der Waals surface area contributed by atoms with Gasteiger partial charge in [-0.2, -0.15) is 0 Å². The molecular formula is C40H51N7O7S3. The van der Waals surface area contributed by atoms with Crippen LogP contribution in [-0.2, 0) is 38.0 Å². The Morgan fingerprint density at radius 3 is 2.14 bits per heavy atom. The van der Waals surface area contributed by atoms with Crippen molar-refractivity contribution in [3.05, 3.63) is 73.1 Å². The van der Waals surface area contributed by atoms with Gasteiger partial charge in [-0.05, 0) is 75.5 Å². The van der Waals surface area contributed by atoms with E-state index in [4.69, 9.17) is 0 Å². The second kappa shape index (κ2) is 18.4. The van der Waals surface area contributed by atoms with E-state index in [9.17, 15) is 33.3 Å². The van der Waals surface area contributed by atoms with Crippen LogP contribution in [0.1, 0.15) is 114 Å². The smallest absolute Gasteiger partial charge is 0.271 e. The number of amides is 5. The van der Waals surface area contributed by atoms with Crippen LogP contribution in [0.2, 0.25) is 0 Å². The molecule has 5 heterocycles. The summed E-state index contributed by atoms with van der Waals surface area (Å²) in [5, 5.41) is 23.7. The number of nitrogens with one attached hydrogen (secondary N) is 3. The van der Waals surface area contributed by atoms with E-state index in [1.807, 2.05) is 39.8 Å². The number of hydrogen-bond acceptors (Lipinski definition) is 11. The molecule has 0 aliphatic carbocycles. The summed E-state index contributed by atoms with van der Waals surface area (Å²) < 4.78 is 12.2.